The molecule has 2 aliphatic rings. The van der Waals surface area contributed by atoms with Crippen molar-refractivity contribution < 1.29 is 14.3 Å². The number of rotatable bonds is 3. The van der Waals surface area contributed by atoms with Crippen molar-refractivity contribution in [1.82, 2.24) is 0 Å². The summed E-state index contributed by atoms with van der Waals surface area (Å²) in [5, 5.41) is 0. The Morgan fingerprint density at radius 3 is 2.20 bits per heavy atom. The van der Waals surface area contributed by atoms with Crippen molar-refractivity contribution in [2.45, 2.75) is 57.2 Å². The number of hydrogen-bond donors (Lipinski definition) is 0. The van der Waals surface area contributed by atoms with Crippen molar-refractivity contribution >= 4 is 5.97 Å². The first kappa shape index (κ1) is 10.9. The molecule has 2 rings (SSSR count). The van der Waals surface area contributed by atoms with E-state index in [0.29, 0.717) is 0 Å². The summed E-state index contributed by atoms with van der Waals surface area (Å²) in [6.45, 7) is 0. The van der Waals surface area contributed by atoms with Gasteiger partial charge in [-0.15, -0.1) is 0 Å². The molecule has 0 unspecified atom stereocenters. The van der Waals surface area contributed by atoms with Crippen LogP contribution in [0.2, 0.25) is 0 Å². The number of carbonyl (C=O) groups is 1. The second-order valence-corrected chi connectivity index (χ2v) is 4.66. The highest BCUT2D eigenvalue weighted by molar-refractivity contribution is 5.73. The van der Waals surface area contributed by atoms with Crippen molar-refractivity contribution in [2.24, 2.45) is 5.92 Å². The van der Waals surface area contributed by atoms with E-state index in [0.717, 1.165) is 32.1 Å². The lowest BCUT2D eigenvalue weighted by Crippen LogP contribution is -2.38. The monoisotopic (exact) mass is 212 g/mol. The molecule has 0 aliphatic heterocycles. The predicted molar refractivity (Wildman–Crippen MR) is 56.5 cm³/mol. The van der Waals surface area contributed by atoms with E-state index < -0.39 is 0 Å². The standard InChI is InChI=1S/C12H20O3/c1-14-10-7-2-3-8-11(10)15-12(13)9-5-4-6-9/h9-11H,2-8H2,1H3/t10-,11-/m1/s1. The van der Waals surface area contributed by atoms with Gasteiger partial charge in [-0.1, -0.05) is 12.8 Å². The van der Waals surface area contributed by atoms with Crippen LogP contribution in [0.15, 0.2) is 0 Å². The van der Waals surface area contributed by atoms with Crippen molar-refractivity contribution in [3.8, 4) is 0 Å². The van der Waals surface area contributed by atoms with Crippen LogP contribution in [-0.2, 0) is 14.3 Å². The molecular weight excluding hydrogens is 192 g/mol. The zero-order valence-corrected chi connectivity index (χ0v) is 9.41. The molecule has 0 heterocycles. The summed E-state index contributed by atoms with van der Waals surface area (Å²) >= 11 is 0. The second-order valence-electron chi connectivity index (χ2n) is 4.66. The lowest BCUT2D eigenvalue weighted by atomic mass is 9.85. The quantitative estimate of drug-likeness (QED) is 0.673. The Morgan fingerprint density at radius 2 is 1.67 bits per heavy atom. The topological polar surface area (TPSA) is 35.5 Å². The first-order valence-corrected chi connectivity index (χ1v) is 6.04. The SMILES string of the molecule is CO[C@@H]1CCCC[C@H]1OC(=O)C1CCC1. The number of ether oxygens (including phenoxy) is 2. The summed E-state index contributed by atoms with van der Waals surface area (Å²) in [7, 11) is 1.71. The highest BCUT2D eigenvalue weighted by Crippen LogP contribution is 2.30. The molecule has 2 aliphatic carbocycles. The third-order valence-electron chi connectivity index (χ3n) is 3.65. The fourth-order valence-electron chi connectivity index (χ4n) is 2.36. The van der Waals surface area contributed by atoms with Gasteiger partial charge in [0.05, 0.1) is 12.0 Å². The Hall–Kier alpha value is -0.570. The third-order valence-corrected chi connectivity index (χ3v) is 3.65. The Balaban J connectivity index is 1.82. The maximum Gasteiger partial charge on any atom is 0.309 e. The van der Waals surface area contributed by atoms with Gasteiger partial charge in [0.1, 0.15) is 6.10 Å². The van der Waals surface area contributed by atoms with Gasteiger partial charge < -0.3 is 9.47 Å². The molecule has 0 bridgehead atoms. The van der Waals surface area contributed by atoms with Gasteiger partial charge in [-0.2, -0.15) is 0 Å². The summed E-state index contributed by atoms with van der Waals surface area (Å²) in [6, 6.07) is 0. The maximum absolute atomic E-state index is 11.7. The van der Waals surface area contributed by atoms with Gasteiger partial charge in [0.25, 0.3) is 0 Å². The molecule has 0 aromatic carbocycles. The molecule has 0 aromatic heterocycles. The molecule has 2 fully saturated rings. The van der Waals surface area contributed by atoms with E-state index in [4.69, 9.17) is 9.47 Å². The first-order valence-electron chi connectivity index (χ1n) is 6.04. The van der Waals surface area contributed by atoms with Crippen molar-refractivity contribution in [1.29, 1.82) is 0 Å². The van der Waals surface area contributed by atoms with Crippen LogP contribution < -0.4 is 0 Å². The van der Waals surface area contributed by atoms with E-state index in [-0.39, 0.29) is 24.1 Å². The molecule has 86 valence electrons. The maximum atomic E-state index is 11.7. The molecule has 2 atom stereocenters. The zero-order chi connectivity index (χ0) is 10.7. The minimum Gasteiger partial charge on any atom is -0.459 e. The lowest BCUT2D eigenvalue weighted by molar-refractivity contribution is -0.167. The fourth-order valence-corrected chi connectivity index (χ4v) is 2.36. The van der Waals surface area contributed by atoms with Crippen LogP contribution in [-0.4, -0.2) is 25.3 Å². The molecule has 0 spiro atoms. The van der Waals surface area contributed by atoms with E-state index >= 15 is 0 Å². The third kappa shape index (κ3) is 2.51. The van der Waals surface area contributed by atoms with E-state index in [2.05, 4.69) is 0 Å². The first-order chi connectivity index (χ1) is 7.31. The summed E-state index contributed by atoms with van der Waals surface area (Å²) in [4.78, 5) is 11.7. The van der Waals surface area contributed by atoms with Crippen LogP contribution in [0.4, 0.5) is 0 Å². The minimum atomic E-state index is 0.00944. The van der Waals surface area contributed by atoms with Crippen LogP contribution in [0.1, 0.15) is 44.9 Å². The Labute approximate surface area is 91.1 Å². The van der Waals surface area contributed by atoms with Crippen LogP contribution >= 0.6 is 0 Å². The normalized spacial score (nSPS) is 32.1. The molecule has 0 aromatic rings. The average molecular weight is 212 g/mol. The average Bonchev–Trinajstić information content (AvgIpc) is 2.15. The second kappa shape index (κ2) is 4.97. The van der Waals surface area contributed by atoms with Gasteiger partial charge in [0, 0.05) is 7.11 Å². The molecule has 3 nitrogen and oxygen atoms in total. The largest absolute Gasteiger partial charge is 0.459 e. The molecule has 0 amide bonds. The lowest BCUT2D eigenvalue weighted by Gasteiger charge is -2.32. The van der Waals surface area contributed by atoms with Gasteiger partial charge in [0.2, 0.25) is 0 Å². The van der Waals surface area contributed by atoms with Crippen LogP contribution in [0.3, 0.4) is 0 Å². The van der Waals surface area contributed by atoms with Gasteiger partial charge in [-0.25, -0.2) is 0 Å². The molecule has 3 heteroatoms. The number of hydrogen-bond acceptors (Lipinski definition) is 3. The summed E-state index contributed by atoms with van der Waals surface area (Å²) in [5.41, 5.74) is 0. The van der Waals surface area contributed by atoms with Crippen LogP contribution in [0.5, 0.6) is 0 Å². The molecule has 0 saturated heterocycles. The molecule has 2 saturated carbocycles. The van der Waals surface area contributed by atoms with E-state index in [1.807, 2.05) is 0 Å². The molecule has 0 radical (unpaired) electrons. The summed E-state index contributed by atoms with van der Waals surface area (Å²) in [5.74, 6) is 0.194. The van der Waals surface area contributed by atoms with E-state index in [1.54, 1.807) is 7.11 Å². The fraction of sp³-hybridized carbons (Fsp3) is 0.917. The van der Waals surface area contributed by atoms with Gasteiger partial charge in [0.15, 0.2) is 0 Å². The van der Waals surface area contributed by atoms with E-state index in [9.17, 15) is 4.79 Å². The van der Waals surface area contributed by atoms with Crippen molar-refractivity contribution in [2.75, 3.05) is 7.11 Å². The van der Waals surface area contributed by atoms with Crippen LogP contribution in [0, 0.1) is 5.92 Å². The smallest absolute Gasteiger partial charge is 0.309 e. The number of methoxy groups -OCH3 is 1. The molecule has 0 N–H and O–H groups in total. The predicted octanol–water partition coefficient (Wildman–Crippen LogP) is 2.29. The molecule has 15 heavy (non-hydrogen) atoms. The van der Waals surface area contributed by atoms with Gasteiger partial charge in [-0.05, 0) is 32.1 Å². The Morgan fingerprint density at radius 1 is 1.00 bits per heavy atom. The van der Waals surface area contributed by atoms with Crippen molar-refractivity contribution in [3.05, 3.63) is 0 Å². The highest BCUT2D eigenvalue weighted by atomic mass is 16.6. The van der Waals surface area contributed by atoms with Gasteiger partial charge >= 0.3 is 5.97 Å². The van der Waals surface area contributed by atoms with Crippen LogP contribution in [0.25, 0.3) is 0 Å². The van der Waals surface area contributed by atoms with Gasteiger partial charge in [-0.3, -0.25) is 4.79 Å². The minimum absolute atomic E-state index is 0.00944. The Bertz CT molecular complexity index is 223. The zero-order valence-electron chi connectivity index (χ0n) is 9.41. The van der Waals surface area contributed by atoms with Crippen molar-refractivity contribution in [3.63, 3.8) is 0 Å². The number of esters is 1. The summed E-state index contributed by atoms with van der Waals surface area (Å²) < 4.78 is 10.9. The van der Waals surface area contributed by atoms with E-state index in [1.165, 1.54) is 12.8 Å². The number of carbonyl (C=O) groups excluding carboxylic acids is 1. The Kier molecular flexibility index (Phi) is 3.62. The summed E-state index contributed by atoms with van der Waals surface area (Å²) in [6.07, 6.45) is 7.69. The highest BCUT2D eigenvalue weighted by Gasteiger charge is 2.33. The molecular formula is C12H20O3.